The SMILES string of the molecule is CCSC1CCN(Cc2ccccc2N)C1=O. The summed E-state index contributed by atoms with van der Waals surface area (Å²) in [6.07, 6.45) is 0.962. The average Bonchev–Trinajstić information content (AvgIpc) is 2.65. The molecule has 0 aliphatic carbocycles. The van der Waals surface area contributed by atoms with Crippen LogP contribution in [0, 0.1) is 0 Å². The quantitative estimate of drug-likeness (QED) is 0.833. The van der Waals surface area contributed by atoms with Gasteiger partial charge in [-0.15, -0.1) is 11.8 Å². The van der Waals surface area contributed by atoms with Crippen molar-refractivity contribution in [1.29, 1.82) is 0 Å². The number of nitrogen functional groups attached to an aromatic ring is 1. The number of carbonyl (C=O) groups excluding carboxylic acids is 1. The first-order chi connectivity index (χ1) is 8.22. The van der Waals surface area contributed by atoms with E-state index in [1.165, 1.54) is 0 Å². The van der Waals surface area contributed by atoms with Gasteiger partial charge in [0, 0.05) is 18.8 Å². The van der Waals surface area contributed by atoms with Crippen molar-refractivity contribution >= 4 is 23.4 Å². The fourth-order valence-electron chi connectivity index (χ4n) is 2.11. The first-order valence-corrected chi connectivity index (χ1v) is 7.01. The van der Waals surface area contributed by atoms with Crippen molar-refractivity contribution < 1.29 is 4.79 Å². The summed E-state index contributed by atoms with van der Waals surface area (Å²) in [6.45, 7) is 3.59. The molecule has 1 aromatic carbocycles. The Kier molecular flexibility index (Phi) is 3.94. The van der Waals surface area contributed by atoms with E-state index in [0.29, 0.717) is 6.54 Å². The zero-order valence-electron chi connectivity index (χ0n) is 10.1. The summed E-state index contributed by atoms with van der Waals surface area (Å²) in [6, 6.07) is 7.75. The molecule has 2 N–H and O–H groups in total. The molecular formula is C13H18N2OS. The summed E-state index contributed by atoms with van der Waals surface area (Å²) in [5, 5.41) is 0.157. The molecule has 0 aromatic heterocycles. The highest BCUT2D eigenvalue weighted by molar-refractivity contribution is 8.00. The minimum atomic E-state index is 0.157. The predicted molar refractivity (Wildman–Crippen MR) is 72.8 cm³/mol. The van der Waals surface area contributed by atoms with Crippen LogP contribution in [0.1, 0.15) is 18.9 Å². The van der Waals surface area contributed by atoms with E-state index in [2.05, 4.69) is 6.92 Å². The number of amides is 1. The fourth-order valence-corrected chi connectivity index (χ4v) is 3.07. The largest absolute Gasteiger partial charge is 0.398 e. The fraction of sp³-hybridized carbons (Fsp3) is 0.462. The van der Waals surface area contributed by atoms with E-state index in [0.717, 1.165) is 30.0 Å². The van der Waals surface area contributed by atoms with E-state index in [9.17, 15) is 4.79 Å². The van der Waals surface area contributed by atoms with Crippen molar-refractivity contribution in [3.63, 3.8) is 0 Å². The summed E-state index contributed by atoms with van der Waals surface area (Å²) in [4.78, 5) is 14.0. The molecule has 1 fully saturated rings. The third-order valence-corrected chi connectivity index (χ3v) is 4.21. The summed E-state index contributed by atoms with van der Waals surface area (Å²) >= 11 is 1.74. The normalized spacial score (nSPS) is 19.9. The van der Waals surface area contributed by atoms with Gasteiger partial charge in [-0.3, -0.25) is 4.79 Å². The average molecular weight is 250 g/mol. The van der Waals surface area contributed by atoms with Crippen molar-refractivity contribution in [2.24, 2.45) is 0 Å². The third kappa shape index (κ3) is 2.75. The number of benzene rings is 1. The van der Waals surface area contributed by atoms with Crippen LogP contribution in [0.2, 0.25) is 0 Å². The number of carbonyl (C=O) groups is 1. The van der Waals surface area contributed by atoms with Crippen LogP contribution >= 0.6 is 11.8 Å². The van der Waals surface area contributed by atoms with Gasteiger partial charge >= 0.3 is 0 Å². The highest BCUT2D eigenvalue weighted by Gasteiger charge is 2.31. The topological polar surface area (TPSA) is 46.3 Å². The van der Waals surface area contributed by atoms with Crippen molar-refractivity contribution in [2.75, 3.05) is 18.0 Å². The molecule has 1 aliphatic rings. The molecule has 4 heteroatoms. The van der Waals surface area contributed by atoms with Gasteiger partial charge < -0.3 is 10.6 Å². The van der Waals surface area contributed by atoms with Crippen molar-refractivity contribution in [1.82, 2.24) is 4.90 Å². The number of nitrogens with two attached hydrogens (primary N) is 1. The van der Waals surface area contributed by atoms with Crippen molar-refractivity contribution in [3.8, 4) is 0 Å². The first-order valence-electron chi connectivity index (χ1n) is 5.96. The van der Waals surface area contributed by atoms with Gasteiger partial charge in [0.1, 0.15) is 0 Å². The minimum absolute atomic E-state index is 0.157. The number of likely N-dealkylation sites (tertiary alicyclic amines) is 1. The van der Waals surface area contributed by atoms with Gasteiger partial charge in [0.05, 0.1) is 5.25 Å². The lowest BCUT2D eigenvalue weighted by molar-refractivity contribution is -0.127. The number of anilines is 1. The highest BCUT2D eigenvalue weighted by Crippen LogP contribution is 2.26. The van der Waals surface area contributed by atoms with Crippen molar-refractivity contribution in [2.45, 2.75) is 25.1 Å². The zero-order valence-corrected chi connectivity index (χ0v) is 10.9. The molecule has 2 rings (SSSR count). The highest BCUT2D eigenvalue weighted by atomic mass is 32.2. The standard InChI is InChI=1S/C13H18N2OS/c1-2-17-12-7-8-15(13(12)16)9-10-5-3-4-6-11(10)14/h3-6,12H,2,7-9,14H2,1H3. The monoisotopic (exact) mass is 250 g/mol. The molecule has 17 heavy (non-hydrogen) atoms. The summed E-state index contributed by atoms with van der Waals surface area (Å²) in [7, 11) is 0. The van der Waals surface area contributed by atoms with Crippen LogP contribution < -0.4 is 5.73 Å². The van der Waals surface area contributed by atoms with E-state index in [-0.39, 0.29) is 11.2 Å². The van der Waals surface area contributed by atoms with Gasteiger partial charge in [0.2, 0.25) is 5.91 Å². The number of para-hydroxylation sites is 1. The smallest absolute Gasteiger partial charge is 0.236 e. The molecular weight excluding hydrogens is 232 g/mol. The molecule has 1 aliphatic heterocycles. The Morgan fingerprint density at radius 2 is 2.24 bits per heavy atom. The van der Waals surface area contributed by atoms with Gasteiger partial charge in [-0.2, -0.15) is 0 Å². The molecule has 1 aromatic rings. The molecule has 1 heterocycles. The van der Waals surface area contributed by atoms with Gasteiger partial charge in [0.25, 0.3) is 0 Å². The van der Waals surface area contributed by atoms with Crippen LogP contribution in [-0.2, 0) is 11.3 Å². The molecule has 3 nitrogen and oxygen atoms in total. The Bertz CT molecular complexity index is 408. The van der Waals surface area contributed by atoms with E-state index >= 15 is 0 Å². The molecule has 1 saturated heterocycles. The number of nitrogens with zero attached hydrogens (tertiary/aromatic N) is 1. The van der Waals surface area contributed by atoms with Gasteiger partial charge in [-0.1, -0.05) is 25.1 Å². The van der Waals surface area contributed by atoms with Crippen LogP contribution in [0.5, 0.6) is 0 Å². The first kappa shape index (κ1) is 12.3. The van der Waals surface area contributed by atoms with E-state index < -0.39 is 0 Å². The molecule has 0 spiro atoms. The third-order valence-electron chi connectivity index (χ3n) is 3.03. The second kappa shape index (κ2) is 5.45. The van der Waals surface area contributed by atoms with E-state index in [1.807, 2.05) is 29.2 Å². The maximum absolute atomic E-state index is 12.1. The lowest BCUT2D eigenvalue weighted by Crippen LogP contribution is -2.28. The van der Waals surface area contributed by atoms with Gasteiger partial charge in [0.15, 0.2) is 0 Å². The van der Waals surface area contributed by atoms with Crippen molar-refractivity contribution in [3.05, 3.63) is 29.8 Å². The molecule has 92 valence electrons. The van der Waals surface area contributed by atoms with Crippen LogP contribution in [0.3, 0.4) is 0 Å². The molecule has 0 saturated carbocycles. The van der Waals surface area contributed by atoms with Gasteiger partial charge in [-0.25, -0.2) is 0 Å². The predicted octanol–water partition coefficient (Wildman–Crippen LogP) is 2.12. The van der Waals surface area contributed by atoms with Gasteiger partial charge in [-0.05, 0) is 23.8 Å². The molecule has 0 bridgehead atoms. The molecule has 1 unspecified atom stereocenters. The second-order valence-corrected chi connectivity index (χ2v) is 5.67. The van der Waals surface area contributed by atoms with Crippen LogP contribution in [0.25, 0.3) is 0 Å². The maximum atomic E-state index is 12.1. The summed E-state index contributed by atoms with van der Waals surface area (Å²) in [5.41, 5.74) is 7.71. The molecule has 1 amide bonds. The Balaban J connectivity index is 2.02. The Labute approximate surface area is 106 Å². The maximum Gasteiger partial charge on any atom is 0.236 e. The molecule has 0 radical (unpaired) electrons. The van der Waals surface area contributed by atoms with Crippen LogP contribution in [0.15, 0.2) is 24.3 Å². The van der Waals surface area contributed by atoms with Crippen LogP contribution in [0.4, 0.5) is 5.69 Å². The lowest BCUT2D eigenvalue weighted by atomic mass is 10.2. The lowest BCUT2D eigenvalue weighted by Gasteiger charge is -2.17. The number of hydrogen-bond acceptors (Lipinski definition) is 3. The van der Waals surface area contributed by atoms with Crippen LogP contribution in [-0.4, -0.2) is 28.4 Å². The Hall–Kier alpha value is -1.16. The second-order valence-electron chi connectivity index (χ2n) is 4.19. The number of thioether (sulfide) groups is 1. The Morgan fingerprint density at radius 3 is 2.94 bits per heavy atom. The molecule has 1 atom stereocenters. The van der Waals surface area contributed by atoms with E-state index in [1.54, 1.807) is 11.8 Å². The number of hydrogen-bond donors (Lipinski definition) is 1. The minimum Gasteiger partial charge on any atom is -0.398 e. The van der Waals surface area contributed by atoms with E-state index in [4.69, 9.17) is 5.73 Å². The summed E-state index contributed by atoms with van der Waals surface area (Å²) in [5.74, 6) is 1.26. The number of rotatable bonds is 4. The zero-order chi connectivity index (χ0) is 12.3. The summed E-state index contributed by atoms with van der Waals surface area (Å²) < 4.78 is 0. The Morgan fingerprint density at radius 1 is 1.47 bits per heavy atom.